The van der Waals surface area contributed by atoms with Crippen molar-refractivity contribution < 1.29 is 19.1 Å². The highest BCUT2D eigenvalue weighted by atomic mass is 16.5. The number of benzene rings is 1. The van der Waals surface area contributed by atoms with Gasteiger partial charge in [0.25, 0.3) is 5.91 Å². The summed E-state index contributed by atoms with van der Waals surface area (Å²) in [4.78, 5) is 28.2. The van der Waals surface area contributed by atoms with E-state index in [0.29, 0.717) is 25.9 Å². The summed E-state index contributed by atoms with van der Waals surface area (Å²) in [5, 5.41) is 2.96. The molecule has 2 amide bonds. The van der Waals surface area contributed by atoms with E-state index in [9.17, 15) is 9.59 Å². The quantitative estimate of drug-likeness (QED) is 0.783. The topological polar surface area (TPSA) is 71.1 Å². The van der Waals surface area contributed by atoms with E-state index in [2.05, 4.69) is 10.2 Å². The van der Waals surface area contributed by atoms with Gasteiger partial charge < -0.3 is 19.7 Å². The molecule has 0 bridgehead atoms. The molecule has 2 aliphatic rings. The number of hydrogen-bond acceptors (Lipinski definition) is 5. The zero-order valence-corrected chi connectivity index (χ0v) is 15.3. The lowest BCUT2D eigenvalue weighted by Gasteiger charge is -2.29. The molecule has 1 aromatic carbocycles. The Morgan fingerprint density at radius 1 is 1.23 bits per heavy atom. The minimum absolute atomic E-state index is 0.0310. The third kappa shape index (κ3) is 4.95. The highest BCUT2D eigenvalue weighted by molar-refractivity contribution is 5.97. The monoisotopic (exact) mass is 361 g/mol. The van der Waals surface area contributed by atoms with Gasteiger partial charge in [-0.15, -0.1) is 0 Å². The number of morpholine rings is 1. The van der Waals surface area contributed by atoms with Crippen molar-refractivity contribution in [3.05, 3.63) is 23.8 Å². The predicted octanol–water partition coefficient (Wildman–Crippen LogP) is 0.949. The van der Waals surface area contributed by atoms with Crippen molar-refractivity contribution in [3.8, 4) is 5.75 Å². The number of aryl methyl sites for hydroxylation is 1. The number of nitrogens with zero attached hydrogens (tertiary/aromatic N) is 2. The van der Waals surface area contributed by atoms with Crippen LogP contribution in [-0.2, 0) is 14.3 Å². The second kappa shape index (κ2) is 9.00. The summed E-state index contributed by atoms with van der Waals surface area (Å²) < 4.78 is 10.8. The fourth-order valence-electron chi connectivity index (χ4n) is 3.22. The first-order valence-corrected chi connectivity index (χ1v) is 9.24. The predicted molar refractivity (Wildman–Crippen MR) is 98.5 cm³/mol. The number of rotatable bonds is 7. The summed E-state index contributed by atoms with van der Waals surface area (Å²) in [6, 6.07) is 5.81. The number of carbonyl (C=O) groups excluding carboxylic acids is 2. The van der Waals surface area contributed by atoms with Crippen LogP contribution in [0.3, 0.4) is 0 Å². The molecule has 1 aromatic rings. The first-order chi connectivity index (χ1) is 12.6. The largest absolute Gasteiger partial charge is 0.482 e. The zero-order chi connectivity index (χ0) is 18.4. The summed E-state index contributed by atoms with van der Waals surface area (Å²) in [6.07, 6.45) is 1.04. The molecule has 7 nitrogen and oxygen atoms in total. The van der Waals surface area contributed by atoms with Crippen LogP contribution >= 0.6 is 0 Å². The molecule has 1 fully saturated rings. The van der Waals surface area contributed by atoms with E-state index in [1.165, 1.54) is 0 Å². The van der Waals surface area contributed by atoms with Crippen molar-refractivity contribution in [2.75, 3.05) is 57.4 Å². The smallest absolute Gasteiger partial charge is 0.265 e. The number of amides is 2. The van der Waals surface area contributed by atoms with Crippen LogP contribution in [-0.4, -0.2) is 69.3 Å². The van der Waals surface area contributed by atoms with E-state index in [1.54, 1.807) is 4.90 Å². The molecule has 142 valence electrons. The molecule has 0 saturated carbocycles. The molecular formula is C19H27N3O4. The van der Waals surface area contributed by atoms with Crippen LogP contribution < -0.4 is 15.0 Å². The number of ether oxygens (including phenoxy) is 2. The van der Waals surface area contributed by atoms with Crippen LogP contribution in [0.1, 0.15) is 18.4 Å². The molecule has 26 heavy (non-hydrogen) atoms. The average molecular weight is 361 g/mol. The number of anilines is 1. The zero-order valence-electron chi connectivity index (χ0n) is 15.3. The van der Waals surface area contributed by atoms with Crippen molar-refractivity contribution in [2.24, 2.45) is 0 Å². The van der Waals surface area contributed by atoms with Crippen molar-refractivity contribution >= 4 is 17.5 Å². The van der Waals surface area contributed by atoms with E-state index in [1.807, 2.05) is 25.1 Å². The molecule has 0 unspecified atom stereocenters. The lowest BCUT2D eigenvalue weighted by Crippen LogP contribution is -2.41. The highest BCUT2D eigenvalue weighted by Crippen LogP contribution is 2.32. The van der Waals surface area contributed by atoms with Crippen LogP contribution in [0.25, 0.3) is 0 Å². The maximum atomic E-state index is 12.2. The average Bonchev–Trinajstić information content (AvgIpc) is 2.64. The first-order valence-electron chi connectivity index (χ1n) is 9.24. The van der Waals surface area contributed by atoms with Crippen LogP contribution in [0, 0.1) is 6.92 Å². The van der Waals surface area contributed by atoms with Gasteiger partial charge in [0, 0.05) is 39.1 Å². The Balaban J connectivity index is 1.41. The molecule has 0 atom stereocenters. The number of fused-ring (bicyclic) bond motifs is 1. The lowest BCUT2D eigenvalue weighted by atomic mass is 10.1. The highest BCUT2D eigenvalue weighted by Gasteiger charge is 2.25. The van der Waals surface area contributed by atoms with Crippen LogP contribution in [0.2, 0.25) is 0 Å². The molecular weight excluding hydrogens is 334 g/mol. The molecule has 7 heteroatoms. The van der Waals surface area contributed by atoms with Gasteiger partial charge in [0.2, 0.25) is 5.91 Å². The van der Waals surface area contributed by atoms with Gasteiger partial charge in [-0.3, -0.25) is 14.5 Å². The van der Waals surface area contributed by atoms with Crippen molar-refractivity contribution in [3.63, 3.8) is 0 Å². The Bertz CT molecular complexity index is 644. The molecule has 1 saturated heterocycles. The fraction of sp³-hybridized carbons (Fsp3) is 0.579. The maximum Gasteiger partial charge on any atom is 0.265 e. The van der Waals surface area contributed by atoms with Gasteiger partial charge in [-0.1, -0.05) is 6.07 Å². The normalized spacial score (nSPS) is 17.6. The van der Waals surface area contributed by atoms with E-state index in [0.717, 1.165) is 49.8 Å². The second-order valence-electron chi connectivity index (χ2n) is 6.71. The van der Waals surface area contributed by atoms with Gasteiger partial charge in [-0.25, -0.2) is 0 Å². The maximum absolute atomic E-state index is 12.2. The van der Waals surface area contributed by atoms with E-state index in [-0.39, 0.29) is 18.4 Å². The van der Waals surface area contributed by atoms with Crippen LogP contribution in [0.4, 0.5) is 5.69 Å². The second-order valence-corrected chi connectivity index (χ2v) is 6.71. The SMILES string of the molecule is Cc1ccc2c(c1)N(CCCC(=O)NCCN1CCOCC1)C(=O)CO2. The summed E-state index contributed by atoms with van der Waals surface area (Å²) in [6.45, 7) is 7.45. The third-order valence-electron chi connectivity index (χ3n) is 4.70. The first kappa shape index (κ1) is 18.7. The van der Waals surface area contributed by atoms with Gasteiger partial charge >= 0.3 is 0 Å². The van der Waals surface area contributed by atoms with Gasteiger partial charge in [-0.05, 0) is 31.0 Å². The summed E-state index contributed by atoms with van der Waals surface area (Å²) in [7, 11) is 0. The van der Waals surface area contributed by atoms with Crippen LogP contribution in [0.5, 0.6) is 5.75 Å². The Labute approximate surface area is 154 Å². The summed E-state index contributed by atoms with van der Waals surface area (Å²) >= 11 is 0. The Morgan fingerprint density at radius 2 is 2.04 bits per heavy atom. The number of nitrogens with one attached hydrogen (secondary N) is 1. The molecule has 0 radical (unpaired) electrons. The van der Waals surface area contributed by atoms with Crippen LogP contribution in [0.15, 0.2) is 18.2 Å². The fourth-order valence-corrected chi connectivity index (χ4v) is 3.22. The number of carbonyl (C=O) groups is 2. The van der Waals surface area contributed by atoms with E-state index >= 15 is 0 Å². The molecule has 0 spiro atoms. The Kier molecular flexibility index (Phi) is 6.46. The molecule has 2 aliphatic heterocycles. The molecule has 2 heterocycles. The van der Waals surface area contributed by atoms with Gasteiger partial charge in [0.15, 0.2) is 6.61 Å². The van der Waals surface area contributed by atoms with Gasteiger partial charge in [-0.2, -0.15) is 0 Å². The summed E-state index contributed by atoms with van der Waals surface area (Å²) in [5.74, 6) is 0.699. The molecule has 3 rings (SSSR count). The standard InChI is InChI=1S/C19H27N3O4/c1-15-4-5-17-16(13-15)22(19(24)14-26-17)7-2-3-18(23)20-6-8-21-9-11-25-12-10-21/h4-5,13H,2-3,6-12,14H2,1H3,(H,20,23). The Morgan fingerprint density at radius 3 is 2.85 bits per heavy atom. The lowest BCUT2D eigenvalue weighted by molar-refractivity contribution is -0.122. The van der Waals surface area contributed by atoms with Crippen molar-refractivity contribution in [2.45, 2.75) is 19.8 Å². The van der Waals surface area contributed by atoms with Crippen molar-refractivity contribution in [1.29, 1.82) is 0 Å². The minimum Gasteiger partial charge on any atom is -0.482 e. The minimum atomic E-state index is -0.0594. The summed E-state index contributed by atoms with van der Waals surface area (Å²) in [5.41, 5.74) is 1.88. The van der Waals surface area contributed by atoms with Gasteiger partial charge in [0.1, 0.15) is 5.75 Å². The third-order valence-corrected chi connectivity index (χ3v) is 4.70. The van der Waals surface area contributed by atoms with Gasteiger partial charge in [0.05, 0.1) is 18.9 Å². The molecule has 0 aromatic heterocycles. The number of hydrogen-bond donors (Lipinski definition) is 1. The Hall–Kier alpha value is -2.12. The van der Waals surface area contributed by atoms with E-state index in [4.69, 9.17) is 9.47 Å². The van der Waals surface area contributed by atoms with E-state index < -0.39 is 0 Å². The van der Waals surface area contributed by atoms with Crippen molar-refractivity contribution in [1.82, 2.24) is 10.2 Å². The molecule has 1 N–H and O–H groups in total. The molecule has 0 aliphatic carbocycles.